The summed E-state index contributed by atoms with van der Waals surface area (Å²) >= 11 is 7.64. The largest absolute Gasteiger partial charge is 0.768 e. The second-order valence-corrected chi connectivity index (χ2v) is 29.8. The van der Waals surface area contributed by atoms with Gasteiger partial charge in [-0.1, -0.05) is 148 Å². The summed E-state index contributed by atoms with van der Waals surface area (Å²) in [5, 5.41) is 15.7. The average Bonchev–Trinajstić information content (AvgIpc) is 1.59. The minimum atomic E-state index is -2.27. The van der Waals surface area contributed by atoms with E-state index in [1.54, 1.807) is 12.1 Å². The monoisotopic (exact) mass is 1270 g/mol. The summed E-state index contributed by atoms with van der Waals surface area (Å²) in [7, 11) is 8.62. The van der Waals surface area contributed by atoms with Gasteiger partial charge in [0.25, 0.3) is 0 Å². The van der Waals surface area contributed by atoms with E-state index in [0.29, 0.717) is 4.90 Å². The van der Waals surface area contributed by atoms with Crippen LogP contribution in [-0.2, 0) is 37.1 Å². The third-order valence-corrected chi connectivity index (χ3v) is 22.7. The molecule has 0 radical (unpaired) electrons. The molecule has 8 nitrogen and oxygen atoms in total. The Kier molecular flexibility index (Phi) is 17.4. The standard InChI is InChI=1S/C40H39ClN2O4S2.C38H41N2S/c1-39(2)34(42(5)32-18-10-26-22-28(48-47-44)14-16-30(26)36(32)39)20-12-24-8-7-9-25(38(24)41)13-21-35-40(3,4)37-31-17-15-29(49(45)46)23-27(31)11-19-33(37)43(35)6;1-37(2)30-19-10-12-21-32(30)39(5)34(37)25-23-27-15-14-16-28(36(27)41-29-17-8-7-9-18-29)24-26-35-38(3,4)31-20-11-13-22-33(31)40(35)6/h10-23H,7-9H2,1-6H3,(H-,44,45,46);7-13,17-26H,14-16H2,1-6H3/q;+1/p-1. The van der Waals surface area contributed by atoms with Crippen molar-refractivity contribution >= 4 is 102 Å². The van der Waals surface area contributed by atoms with Crippen molar-refractivity contribution in [3.05, 3.63) is 254 Å². The summed E-state index contributed by atoms with van der Waals surface area (Å²) < 4.78 is 31.9. The fraction of sp³-hybridized carbons (Fsp3) is 0.282. The van der Waals surface area contributed by atoms with Gasteiger partial charge in [-0.3, -0.25) is 4.21 Å². The number of benzene rings is 7. The molecule has 0 bridgehead atoms. The van der Waals surface area contributed by atoms with E-state index in [0.717, 1.165) is 92.8 Å². The van der Waals surface area contributed by atoms with Crippen molar-refractivity contribution in [3.8, 4) is 0 Å². The molecular formula is C78H79ClN4O4S3. The van der Waals surface area contributed by atoms with Crippen LogP contribution in [0.1, 0.15) is 116 Å². The quantitative estimate of drug-likeness (QED) is 0.0416. The van der Waals surface area contributed by atoms with E-state index < -0.39 is 11.1 Å². The Labute approximate surface area is 548 Å². The fourth-order valence-corrected chi connectivity index (χ4v) is 17.4. The molecule has 0 saturated heterocycles. The van der Waals surface area contributed by atoms with Crippen LogP contribution in [-0.4, -0.2) is 57.5 Å². The van der Waals surface area contributed by atoms with Crippen LogP contribution >= 0.6 is 35.4 Å². The lowest BCUT2D eigenvalue weighted by Gasteiger charge is -2.25. The molecule has 7 aromatic carbocycles. The molecule has 7 aromatic rings. The molecule has 12 heteroatoms. The van der Waals surface area contributed by atoms with Crippen LogP contribution in [0.25, 0.3) is 21.5 Å². The Balaban J connectivity index is 0.000000177. The van der Waals surface area contributed by atoms with Gasteiger partial charge in [-0.05, 0) is 199 Å². The molecule has 0 saturated carbocycles. The number of rotatable bonds is 11. The van der Waals surface area contributed by atoms with Gasteiger partial charge in [0.1, 0.15) is 14.1 Å². The van der Waals surface area contributed by atoms with Crippen LogP contribution in [0.2, 0.25) is 0 Å². The zero-order valence-corrected chi connectivity index (χ0v) is 56.9. The summed E-state index contributed by atoms with van der Waals surface area (Å²) in [6.07, 6.45) is 24.6. The number of fused-ring (bicyclic) bond motifs is 8. The molecule has 6 aliphatic rings. The number of hydrogen-bond donors (Lipinski definition) is 0. The summed E-state index contributed by atoms with van der Waals surface area (Å²) in [4.78, 5) is 8.41. The first-order valence-electron chi connectivity index (χ1n) is 31.2. The molecule has 13 rings (SSSR count). The van der Waals surface area contributed by atoms with Gasteiger partial charge in [0.2, 0.25) is 11.4 Å². The lowest BCUT2D eigenvalue weighted by molar-refractivity contribution is -0.630. The van der Waals surface area contributed by atoms with Crippen molar-refractivity contribution in [3.63, 3.8) is 0 Å². The van der Waals surface area contributed by atoms with Gasteiger partial charge < -0.3 is 23.9 Å². The normalized spacial score (nSPS) is 21.1. The van der Waals surface area contributed by atoms with E-state index in [4.69, 9.17) is 11.6 Å². The molecule has 90 heavy (non-hydrogen) atoms. The highest BCUT2D eigenvalue weighted by Gasteiger charge is 2.46. The van der Waals surface area contributed by atoms with Gasteiger partial charge in [-0.15, -0.1) is 0 Å². The molecular weight excluding hydrogens is 1190 g/mol. The maximum absolute atomic E-state index is 11.6. The van der Waals surface area contributed by atoms with Gasteiger partial charge in [0, 0.05) is 120 Å². The number of halogens is 1. The minimum absolute atomic E-state index is 0.0272. The van der Waals surface area contributed by atoms with Gasteiger partial charge >= 0.3 is 0 Å². The van der Waals surface area contributed by atoms with Crippen LogP contribution < -0.4 is 15.1 Å². The number of likely N-dealkylation sites (N-methyl/N-ethyl adjacent to an activating group) is 2. The first-order valence-corrected chi connectivity index (χ1v) is 34.2. The molecule has 460 valence electrons. The minimum Gasteiger partial charge on any atom is -0.768 e. The molecule has 0 aromatic heterocycles. The summed E-state index contributed by atoms with van der Waals surface area (Å²) in [5.74, 6) is 0. The molecule has 2 aliphatic carbocycles. The second-order valence-electron chi connectivity index (χ2n) is 26.6. The zero-order valence-electron chi connectivity index (χ0n) is 53.7. The highest BCUT2D eigenvalue weighted by molar-refractivity contribution is 8.03. The summed E-state index contributed by atoms with van der Waals surface area (Å²) in [6.45, 7) is 18.4. The predicted octanol–water partition coefficient (Wildman–Crippen LogP) is 18.7. The van der Waals surface area contributed by atoms with Crippen LogP contribution in [0.3, 0.4) is 0 Å². The third-order valence-electron chi connectivity index (χ3n) is 19.8. The SMILES string of the molecule is CN1C(=CC=C2CCCC(C=CC3=[N+](C)c4ccc5cc(S(=O)[O-])ccc5c4C3(C)C)=C2Cl)C(C)(C)c2c1ccc1cc(SO[O-])ccc21.CN1C(=CC=C2CCCC(C=CC3=[N+](C)c4ccccc4C3(C)C)=C2Sc2ccccc2)C(C)(C)c2ccccc21. The predicted molar refractivity (Wildman–Crippen MR) is 376 cm³/mol. The van der Waals surface area contributed by atoms with Crippen LogP contribution in [0.5, 0.6) is 0 Å². The molecule has 0 fully saturated rings. The Morgan fingerprint density at radius 3 is 1.83 bits per heavy atom. The van der Waals surface area contributed by atoms with Gasteiger partial charge in [0.05, 0.1) is 10.8 Å². The Bertz CT molecular complexity index is 4460. The van der Waals surface area contributed by atoms with Crippen molar-refractivity contribution in [1.29, 1.82) is 0 Å². The van der Waals surface area contributed by atoms with Gasteiger partial charge in [0.15, 0.2) is 11.4 Å². The molecule has 4 aliphatic heterocycles. The zero-order chi connectivity index (χ0) is 63.6. The number of thioether (sulfide) groups is 1. The van der Waals surface area contributed by atoms with Crippen molar-refractivity contribution < 1.29 is 27.5 Å². The van der Waals surface area contributed by atoms with E-state index in [1.807, 2.05) is 36.0 Å². The highest BCUT2D eigenvalue weighted by atomic mass is 35.5. The molecule has 0 spiro atoms. The highest BCUT2D eigenvalue weighted by Crippen LogP contribution is 2.52. The number of nitrogens with zero attached hydrogens (tertiary/aromatic N) is 4. The Morgan fingerprint density at radius 1 is 0.544 bits per heavy atom. The van der Waals surface area contributed by atoms with Crippen LogP contribution in [0, 0.1) is 0 Å². The fourth-order valence-electron chi connectivity index (χ4n) is 15.1. The van der Waals surface area contributed by atoms with Gasteiger partial charge in [-0.25, -0.2) is 0 Å². The number of para-hydroxylation sites is 2. The molecule has 0 N–H and O–H groups in total. The number of allylic oxidation sites excluding steroid dienone is 15. The molecule has 1 atom stereocenters. The van der Waals surface area contributed by atoms with E-state index in [1.165, 1.54) is 89.2 Å². The maximum Gasteiger partial charge on any atom is 0.210 e. The van der Waals surface area contributed by atoms with E-state index in [2.05, 4.69) is 259 Å². The van der Waals surface area contributed by atoms with Crippen molar-refractivity contribution in [2.75, 3.05) is 38.0 Å². The van der Waals surface area contributed by atoms with Gasteiger partial charge in [-0.2, -0.15) is 9.15 Å². The van der Waals surface area contributed by atoms with E-state index >= 15 is 0 Å². The van der Waals surface area contributed by atoms with Crippen molar-refractivity contribution in [1.82, 2.24) is 0 Å². The summed E-state index contributed by atoms with van der Waals surface area (Å²) in [6, 6.07) is 48.2. The third kappa shape index (κ3) is 11.3. The molecule has 1 unspecified atom stereocenters. The van der Waals surface area contributed by atoms with Crippen LogP contribution in [0.15, 0.2) is 246 Å². The van der Waals surface area contributed by atoms with Crippen molar-refractivity contribution in [2.45, 2.75) is 130 Å². The van der Waals surface area contributed by atoms with E-state index in [9.17, 15) is 14.0 Å². The Morgan fingerprint density at radius 2 is 1.12 bits per heavy atom. The number of anilines is 2. The molecule has 0 amide bonds. The lowest BCUT2D eigenvalue weighted by Crippen LogP contribution is -2.27. The second kappa shape index (κ2) is 24.9. The summed E-state index contributed by atoms with van der Waals surface area (Å²) in [5.41, 5.74) is 19.7. The van der Waals surface area contributed by atoms with Crippen LogP contribution in [0.4, 0.5) is 22.7 Å². The first-order chi connectivity index (χ1) is 43.0. The van der Waals surface area contributed by atoms with E-state index in [-0.39, 0.29) is 21.7 Å². The average molecular weight is 1270 g/mol. The number of hydrogen-bond acceptors (Lipinski definition) is 8. The lowest BCUT2D eigenvalue weighted by atomic mass is 9.78. The molecule has 4 heterocycles. The Hall–Kier alpha value is -7.06. The van der Waals surface area contributed by atoms with Crippen molar-refractivity contribution in [2.24, 2.45) is 0 Å². The topological polar surface area (TPSA) is 84.9 Å². The maximum atomic E-state index is 11.6. The smallest absolute Gasteiger partial charge is 0.210 e. The first kappa shape index (κ1) is 63.1.